The zero-order valence-electron chi connectivity index (χ0n) is 15.7. The first-order chi connectivity index (χ1) is 13.6. The molecular formula is C21H22BrN3O2S. The van der Waals surface area contributed by atoms with Crippen molar-refractivity contribution in [1.29, 1.82) is 0 Å². The van der Waals surface area contributed by atoms with Crippen LogP contribution in [0.15, 0.2) is 50.7 Å². The lowest BCUT2D eigenvalue weighted by Crippen LogP contribution is -2.32. The second kappa shape index (κ2) is 8.49. The molecule has 1 saturated heterocycles. The number of rotatable bonds is 6. The van der Waals surface area contributed by atoms with Crippen LogP contribution >= 0.6 is 27.3 Å². The highest BCUT2D eigenvalue weighted by atomic mass is 79.9. The number of nitrogens with one attached hydrogen (secondary N) is 1. The molecule has 1 amide bonds. The van der Waals surface area contributed by atoms with Gasteiger partial charge in [0.2, 0.25) is 5.91 Å². The Morgan fingerprint density at radius 2 is 2.29 bits per heavy atom. The van der Waals surface area contributed by atoms with Crippen LogP contribution in [0.4, 0.5) is 5.69 Å². The van der Waals surface area contributed by atoms with Gasteiger partial charge in [-0.15, -0.1) is 11.3 Å². The summed E-state index contributed by atoms with van der Waals surface area (Å²) in [4.78, 5) is 19.2. The van der Waals surface area contributed by atoms with Crippen LogP contribution in [-0.4, -0.2) is 30.5 Å². The lowest BCUT2D eigenvalue weighted by molar-refractivity contribution is -0.120. The maximum absolute atomic E-state index is 12.3. The summed E-state index contributed by atoms with van der Waals surface area (Å²) in [6.45, 7) is 4.61. The lowest BCUT2D eigenvalue weighted by Gasteiger charge is -2.19. The SMILES string of the molecule is Cc1ccc(-c2nc(CC(=O)NCC3CCN(c4cccc(Br)c4)C3)cs2)o1. The van der Waals surface area contributed by atoms with Crippen LogP contribution in [0.1, 0.15) is 17.9 Å². The smallest absolute Gasteiger partial charge is 0.226 e. The van der Waals surface area contributed by atoms with Gasteiger partial charge in [0.1, 0.15) is 5.76 Å². The predicted molar refractivity (Wildman–Crippen MR) is 116 cm³/mol. The maximum Gasteiger partial charge on any atom is 0.226 e. The first-order valence-corrected chi connectivity index (χ1v) is 11.0. The van der Waals surface area contributed by atoms with Gasteiger partial charge in [0, 0.05) is 35.2 Å². The van der Waals surface area contributed by atoms with Gasteiger partial charge < -0.3 is 14.6 Å². The number of hydrogen-bond donors (Lipinski definition) is 1. The van der Waals surface area contributed by atoms with Gasteiger partial charge in [-0.3, -0.25) is 4.79 Å². The quantitative estimate of drug-likeness (QED) is 0.582. The van der Waals surface area contributed by atoms with Crippen molar-refractivity contribution in [2.24, 2.45) is 5.92 Å². The van der Waals surface area contributed by atoms with Crippen molar-refractivity contribution in [3.05, 3.63) is 57.7 Å². The average Bonchev–Trinajstić information content (AvgIpc) is 3.41. The molecule has 2 aromatic heterocycles. The van der Waals surface area contributed by atoms with Crippen molar-refractivity contribution in [1.82, 2.24) is 10.3 Å². The summed E-state index contributed by atoms with van der Waals surface area (Å²) < 4.78 is 6.69. The molecule has 3 aromatic rings. The minimum Gasteiger partial charge on any atom is -0.459 e. The molecule has 146 valence electrons. The van der Waals surface area contributed by atoms with E-state index in [0.717, 1.165) is 46.2 Å². The van der Waals surface area contributed by atoms with Gasteiger partial charge in [-0.25, -0.2) is 4.98 Å². The number of halogens is 1. The summed E-state index contributed by atoms with van der Waals surface area (Å²) in [6.07, 6.45) is 1.39. The van der Waals surface area contributed by atoms with E-state index < -0.39 is 0 Å². The molecule has 0 spiro atoms. The van der Waals surface area contributed by atoms with Crippen LogP contribution in [0.25, 0.3) is 10.8 Å². The van der Waals surface area contributed by atoms with Crippen LogP contribution in [0.3, 0.4) is 0 Å². The molecule has 1 aliphatic rings. The number of furan rings is 1. The van der Waals surface area contributed by atoms with E-state index in [9.17, 15) is 4.79 Å². The standard InChI is InChI=1S/C21H22BrN3O2S/c1-14-5-6-19(27-14)21-24-17(13-28-21)10-20(26)23-11-15-7-8-25(12-15)18-4-2-3-16(22)9-18/h2-6,9,13,15H,7-8,10-12H2,1H3,(H,23,26). The molecule has 0 saturated carbocycles. The number of nitrogens with zero attached hydrogens (tertiary/aromatic N) is 2. The number of aromatic nitrogens is 1. The molecule has 5 nitrogen and oxygen atoms in total. The Labute approximate surface area is 176 Å². The van der Waals surface area contributed by atoms with Crippen LogP contribution < -0.4 is 10.2 Å². The third-order valence-electron chi connectivity index (χ3n) is 4.89. The molecule has 7 heteroatoms. The molecule has 1 unspecified atom stereocenters. The molecule has 3 heterocycles. The number of thiazole rings is 1. The van der Waals surface area contributed by atoms with E-state index in [1.54, 1.807) is 0 Å². The van der Waals surface area contributed by atoms with Crippen LogP contribution in [0.2, 0.25) is 0 Å². The van der Waals surface area contributed by atoms with E-state index in [1.165, 1.54) is 17.0 Å². The molecule has 28 heavy (non-hydrogen) atoms. The zero-order chi connectivity index (χ0) is 19.5. The van der Waals surface area contributed by atoms with Crippen molar-refractivity contribution >= 4 is 38.9 Å². The van der Waals surface area contributed by atoms with Crippen molar-refractivity contribution in [3.8, 4) is 10.8 Å². The van der Waals surface area contributed by atoms with Gasteiger partial charge in [-0.1, -0.05) is 22.0 Å². The van der Waals surface area contributed by atoms with Crippen LogP contribution in [-0.2, 0) is 11.2 Å². The first kappa shape index (κ1) is 19.2. The molecule has 1 atom stereocenters. The Balaban J connectivity index is 1.26. The second-order valence-electron chi connectivity index (χ2n) is 7.12. The molecule has 0 aliphatic carbocycles. The van der Waals surface area contributed by atoms with E-state index in [4.69, 9.17) is 4.42 Å². The Kier molecular flexibility index (Phi) is 5.82. The van der Waals surface area contributed by atoms with Crippen LogP contribution in [0, 0.1) is 12.8 Å². The molecule has 1 N–H and O–H groups in total. The molecule has 0 bridgehead atoms. The van der Waals surface area contributed by atoms with Crippen molar-refractivity contribution in [2.75, 3.05) is 24.5 Å². The number of aryl methyl sites for hydroxylation is 1. The largest absolute Gasteiger partial charge is 0.459 e. The third-order valence-corrected chi connectivity index (χ3v) is 6.29. The normalized spacial score (nSPS) is 16.5. The number of hydrogen-bond acceptors (Lipinski definition) is 5. The molecule has 1 fully saturated rings. The number of benzene rings is 1. The van der Waals surface area contributed by atoms with Crippen LogP contribution in [0.5, 0.6) is 0 Å². The highest BCUT2D eigenvalue weighted by Gasteiger charge is 2.23. The molecule has 4 rings (SSSR count). The first-order valence-electron chi connectivity index (χ1n) is 9.35. The van der Waals surface area contributed by atoms with E-state index in [2.05, 4.69) is 49.3 Å². The maximum atomic E-state index is 12.3. The van der Waals surface area contributed by atoms with Gasteiger partial charge >= 0.3 is 0 Å². The molecular weight excluding hydrogens is 438 g/mol. The monoisotopic (exact) mass is 459 g/mol. The summed E-state index contributed by atoms with van der Waals surface area (Å²) in [5.41, 5.74) is 2.01. The second-order valence-corrected chi connectivity index (χ2v) is 8.89. The molecule has 1 aromatic carbocycles. The minimum absolute atomic E-state index is 0.0216. The topological polar surface area (TPSA) is 58.4 Å². The Morgan fingerprint density at radius 1 is 1.39 bits per heavy atom. The highest BCUT2D eigenvalue weighted by Crippen LogP contribution is 2.27. The summed E-state index contributed by atoms with van der Waals surface area (Å²) in [7, 11) is 0. The Bertz CT molecular complexity index is 968. The Morgan fingerprint density at radius 3 is 3.07 bits per heavy atom. The summed E-state index contributed by atoms with van der Waals surface area (Å²) in [5.74, 6) is 2.11. The fourth-order valence-corrected chi connectivity index (χ4v) is 4.61. The fraction of sp³-hybridized carbons (Fsp3) is 0.333. The third kappa shape index (κ3) is 4.64. The fourth-order valence-electron chi connectivity index (χ4n) is 3.44. The number of carbonyl (C=O) groups excluding carboxylic acids is 1. The van der Waals surface area contributed by atoms with Gasteiger partial charge in [-0.2, -0.15) is 0 Å². The van der Waals surface area contributed by atoms with E-state index >= 15 is 0 Å². The van der Waals surface area contributed by atoms with Gasteiger partial charge in [0.05, 0.1) is 12.1 Å². The summed E-state index contributed by atoms with van der Waals surface area (Å²) >= 11 is 5.03. The lowest BCUT2D eigenvalue weighted by atomic mass is 10.1. The minimum atomic E-state index is 0.0216. The Hall–Kier alpha value is -2.12. The predicted octanol–water partition coefficient (Wildman–Crippen LogP) is 4.66. The van der Waals surface area contributed by atoms with E-state index in [1.807, 2.05) is 30.5 Å². The summed E-state index contributed by atoms with van der Waals surface area (Å²) in [6, 6.07) is 12.2. The van der Waals surface area contributed by atoms with Crippen molar-refractivity contribution in [3.63, 3.8) is 0 Å². The van der Waals surface area contributed by atoms with Gasteiger partial charge in [0.15, 0.2) is 10.8 Å². The highest BCUT2D eigenvalue weighted by molar-refractivity contribution is 9.10. The van der Waals surface area contributed by atoms with Crippen molar-refractivity contribution in [2.45, 2.75) is 19.8 Å². The van der Waals surface area contributed by atoms with E-state index in [-0.39, 0.29) is 5.91 Å². The molecule has 0 radical (unpaired) electrons. The number of anilines is 1. The summed E-state index contributed by atoms with van der Waals surface area (Å²) in [5, 5.41) is 5.82. The average molecular weight is 460 g/mol. The van der Waals surface area contributed by atoms with Crippen molar-refractivity contribution < 1.29 is 9.21 Å². The van der Waals surface area contributed by atoms with Gasteiger partial charge in [0.25, 0.3) is 0 Å². The molecule has 1 aliphatic heterocycles. The number of carbonyl (C=O) groups is 1. The number of amides is 1. The van der Waals surface area contributed by atoms with Gasteiger partial charge in [-0.05, 0) is 49.6 Å². The van der Waals surface area contributed by atoms with E-state index in [0.29, 0.717) is 18.9 Å². The zero-order valence-corrected chi connectivity index (χ0v) is 18.1.